The number of alkyl carbamates (subject to hydrolysis) is 1. The number of ether oxygens (including phenoxy) is 1. The molecule has 0 spiro atoms. The van der Waals surface area contributed by atoms with Gasteiger partial charge in [-0.3, -0.25) is 0 Å². The third-order valence-corrected chi connectivity index (χ3v) is 5.96. The number of fused-ring (bicyclic) bond motifs is 2. The summed E-state index contributed by atoms with van der Waals surface area (Å²) in [7, 11) is 0. The molecule has 9 nitrogen and oxygen atoms in total. The number of hydrogen-bond acceptors (Lipinski definition) is 6. The van der Waals surface area contributed by atoms with E-state index < -0.39 is 35.3 Å². The van der Waals surface area contributed by atoms with Crippen molar-refractivity contribution < 1.29 is 39.5 Å². The van der Waals surface area contributed by atoms with Crippen LogP contribution in [0.3, 0.4) is 0 Å². The molecular formula is C25H29NO8. The first-order valence-electron chi connectivity index (χ1n) is 10.9. The van der Waals surface area contributed by atoms with Gasteiger partial charge in [-0.1, -0.05) is 12.1 Å². The number of rotatable bonds is 6. The van der Waals surface area contributed by atoms with Crippen molar-refractivity contribution in [3.63, 3.8) is 0 Å². The summed E-state index contributed by atoms with van der Waals surface area (Å²) in [5.41, 5.74) is 0.218. The van der Waals surface area contributed by atoms with Gasteiger partial charge in [0.15, 0.2) is 6.29 Å². The van der Waals surface area contributed by atoms with Crippen molar-refractivity contribution in [2.24, 2.45) is 0 Å². The van der Waals surface area contributed by atoms with Gasteiger partial charge >= 0.3 is 18.0 Å². The zero-order chi connectivity index (χ0) is 25.3. The third-order valence-electron chi connectivity index (χ3n) is 5.96. The summed E-state index contributed by atoms with van der Waals surface area (Å²) in [6, 6.07) is 8.92. The molecule has 9 heteroatoms. The first-order valence-corrected chi connectivity index (χ1v) is 10.9. The number of carbonyl (C=O) groups excluding carboxylic acids is 1. The molecule has 1 aliphatic rings. The molecule has 1 aliphatic carbocycles. The summed E-state index contributed by atoms with van der Waals surface area (Å²) in [5.74, 6) is -2.22. The molecule has 2 aromatic rings. The fraction of sp³-hybridized carbons (Fsp3) is 0.400. The van der Waals surface area contributed by atoms with Crippen LogP contribution in [0, 0.1) is 0 Å². The van der Waals surface area contributed by atoms with Gasteiger partial charge in [-0.25, -0.2) is 14.4 Å². The molecule has 0 fully saturated rings. The van der Waals surface area contributed by atoms with E-state index in [9.17, 15) is 34.8 Å². The first kappa shape index (κ1) is 25.2. The summed E-state index contributed by atoms with van der Waals surface area (Å²) in [5, 5.41) is 43.0. The summed E-state index contributed by atoms with van der Waals surface area (Å²) in [6.45, 7) is 5.20. The molecule has 182 valence electrons. The maximum absolute atomic E-state index is 12.2. The van der Waals surface area contributed by atoms with Crippen LogP contribution in [0.25, 0.3) is 0 Å². The number of amides is 1. The number of nitrogens with one attached hydrogen (secondary N) is 1. The summed E-state index contributed by atoms with van der Waals surface area (Å²) >= 11 is 0. The highest BCUT2D eigenvalue weighted by Gasteiger charge is 2.45. The Kier molecular flexibility index (Phi) is 6.99. The quantitative estimate of drug-likeness (QED) is 0.403. The topological polar surface area (TPSA) is 153 Å². The van der Waals surface area contributed by atoms with E-state index in [1.165, 1.54) is 24.3 Å². The summed E-state index contributed by atoms with van der Waals surface area (Å²) < 4.78 is 5.26. The van der Waals surface area contributed by atoms with Crippen LogP contribution in [0.2, 0.25) is 0 Å². The number of aryl methyl sites for hydroxylation is 2. The maximum Gasteiger partial charge on any atom is 0.407 e. The van der Waals surface area contributed by atoms with E-state index >= 15 is 0 Å². The lowest BCUT2D eigenvalue weighted by molar-refractivity contribution is -0.0898. The van der Waals surface area contributed by atoms with Gasteiger partial charge in [0, 0.05) is 6.54 Å². The lowest BCUT2D eigenvalue weighted by Gasteiger charge is -2.38. The second kappa shape index (κ2) is 9.44. The van der Waals surface area contributed by atoms with Crippen LogP contribution in [0.5, 0.6) is 0 Å². The number of hydrogen-bond donors (Lipinski definition) is 5. The van der Waals surface area contributed by atoms with Crippen LogP contribution in [-0.4, -0.2) is 56.9 Å². The number of carbonyl (C=O) groups is 3. The molecule has 34 heavy (non-hydrogen) atoms. The van der Waals surface area contributed by atoms with Gasteiger partial charge in [-0.15, -0.1) is 0 Å². The minimum atomic E-state index is -1.92. The Labute approximate surface area is 197 Å². The van der Waals surface area contributed by atoms with Crippen molar-refractivity contribution in [2.45, 2.75) is 57.3 Å². The van der Waals surface area contributed by atoms with E-state index in [2.05, 4.69) is 5.32 Å². The van der Waals surface area contributed by atoms with Crippen molar-refractivity contribution in [1.29, 1.82) is 0 Å². The van der Waals surface area contributed by atoms with Crippen LogP contribution in [0.15, 0.2) is 36.4 Å². The second-order valence-corrected chi connectivity index (χ2v) is 9.38. The second-order valence-electron chi connectivity index (χ2n) is 9.38. The van der Waals surface area contributed by atoms with Gasteiger partial charge in [-0.2, -0.15) is 0 Å². The van der Waals surface area contributed by atoms with E-state index in [1.54, 1.807) is 32.9 Å². The van der Waals surface area contributed by atoms with Crippen LogP contribution in [-0.2, 0) is 23.0 Å². The Bertz CT molecular complexity index is 1050. The van der Waals surface area contributed by atoms with Crippen LogP contribution in [0.4, 0.5) is 4.79 Å². The van der Waals surface area contributed by atoms with Crippen molar-refractivity contribution in [1.82, 2.24) is 5.32 Å². The van der Waals surface area contributed by atoms with E-state index in [0.29, 0.717) is 35.1 Å². The van der Waals surface area contributed by atoms with Crippen molar-refractivity contribution >= 4 is 18.0 Å². The van der Waals surface area contributed by atoms with Crippen molar-refractivity contribution in [3.8, 4) is 0 Å². The van der Waals surface area contributed by atoms with E-state index in [0.717, 1.165) is 0 Å². The SMILES string of the molecule is CC(C)(C)OC(=O)NCCC1(C(O)O)c2ccc(C(=O)O)cc2CCc2cc(C(=O)O)ccc21. The van der Waals surface area contributed by atoms with Crippen molar-refractivity contribution in [2.75, 3.05) is 6.54 Å². The van der Waals surface area contributed by atoms with Gasteiger partial charge in [0.1, 0.15) is 5.60 Å². The highest BCUT2D eigenvalue weighted by molar-refractivity contribution is 5.89. The molecule has 0 unspecified atom stereocenters. The predicted octanol–water partition coefficient (Wildman–Crippen LogP) is 2.69. The number of aliphatic hydroxyl groups is 2. The molecule has 0 bridgehead atoms. The molecule has 2 aromatic carbocycles. The molecule has 0 heterocycles. The molecule has 0 aromatic heterocycles. The van der Waals surface area contributed by atoms with E-state index in [1.807, 2.05) is 0 Å². The lowest BCUT2D eigenvalue weighted by atomic mass is 9.69. The standard InChI is InChI=1S/C25H29NO8/c1-24(2,3)34-23(33)26-11-10-25(22(31)32)18-8-6-16(20(27)28)12-14(18)4-5-15-13-17(21(29)30)7-9-19(15)25/h6-9,12-13,22,31-32H,4-5,10-11H2,1-3H3,(H,26,33)(H,27,28)(H,29,30). The molecule has 0 radical (unpaired) electrons. The van der Waals surface area contributed by atoms with Gasteiger partial charge in [-0.05, 0) is 86.6 Å². The van der Waals surface area contributed by atoms with E-state index in [-0.39, 0.29) is 24.1 Å². The Hall–Kier alpha value is -3.43. The largest absolute Gasteiger partial charge is 0.478 e. The van der Waals surface area contributed by atoms with Crippen LogP contribution in [0.1, 0.15) is 70.2 Å². The molecular weight excluding hydrogens is 442 g/mol. The zero-order valence-electron chi connectivity index (χ0n) is 19.3. The predicted molar refractivity (Wildman–Crippen MR) is 122 cm³/mol. The Morgan fingerprint density at radius 2 is 1.41 bits per heavy atom. The minimum Gasteiger partial charge on any atom is -0.478 e. The van der Waals surface area contributed by atoms with Crippen molar-refractivity contribution in [3.05, 3.63) is 69.8 Å². The highest BCUT2D eigenvalue weighted by Crippen LogP contribution is 2.44. The number of aromatic carboxylic acids is 2. The zero-order valence-corrected chi connectivity index (χ0v) is 19.3. The first-order chi connectivity index (χ1) is 15.8. The Balaban J connectivity index is 2.12. The number of carboxylic acids is 2. The highest BCUT2D eigenvalue weighted by atomic mass is 16.6. The fourth-order valence-electron chi connectivity index (χ4n) is 4.50. The molecule has 0 saturated carbocycles. The van der Waals surface area contributed by atoms with Gasteiger partial charge in [0.25, 0.3) is 0 Å². The monoisotopic (exact) mass is 471 g/mol. The Morgan fingerprint density at radius 1 is 0.941 bits per heavy atom. The van der Waals surface area contributed by atoms with Gasteiger partial charge in [0.05, 0.1) is 16.5 Å². The maximum atomic E-state index is 12.2. The smallest absolute Gasteiger partial charge is 0.407 e. The lowest BCUT2D eigenvalue weighted by Crippen LogP contribution is -2.45. The average Bonchev–Trinajstić information content (AvgIpc) is 2.87. The molecule has 0 saturated heterocycles. The third kappa shape index (κ3) is 5.05. The molecule has 0 aliphatic heterocycles. The van der Waals surface area contributed by atoms with E-state index in [4.69, 9.17) is 4.74 Å². The molecule has 3 rings (SSSR count). The number of carboxylic acid groups (broad SMARTS) is 2. The molecule has 0 atom stereocenters. The molecule has 5 N–H and O–H groups in total. The Morgan fingerprint density at radius 3 is 1.79 bits per heavy atom. The summed E-state index contributed by atoms with van der Waals surface area (Å²) in [6.07, 6.45) is -1.79. The normalized spacial score (nSPS) is 14.5. The van der Waals surface area contributed by atoms with Crippen LogP contribution >= 0.6 is 0 Å². The van der Waals surface area contributed by atoms with Gasteiger partial charge in [0.2, 0.25) is 0 Å². The van der Waals surface area contributed by atoms with Crippen LogP contribution < -0.4 is 5.32 Å². The average molecular weight is 472 g/mol. The van der Waals surface area contributed by atoms with Gasteiger partial charge < -0.3 is 30.5 Å². The molecule has 1 amide bonds. The number of benzene rings is 2. The fourth-order valence-corrected chi connectivity index (χ4v) is 4.50. The number of aliphatic hydroxyl groups excluding tert-OH is 1. The summed E-state index contributed by atoms with van der Waals surface area (Å²) in [4.78, 5) is 35.3. The minimum absolute atomic E-state index is 0.0206.